The van der Waals surface area contributed by atoms with Gasteiger partial charge < -0.3 is 15.3 Å². The van der Waals surface area contributed by atoms with Gasteiger partial charge in [-0.25, -0.2) is 0 Å². The smallest absolute Gasteiger partial charge is 0.0610 e. The van der Waals surface area contributed by atoms with Crippen LogP contribution in [0.4, 0.5) is 0 Å². The first-order valence-corrected chi connectivity index (χ1v) is 9.25. The number of piperidine rings is 1. The lowest BCUT2D eigenvalue weighted by molar-refractivity contribution is 0.130. The van der Waals surface area contributed by atoms with Gasteiger partial charge in [0.15, 0.2) is 0 Å². The summed E-state index contributed by atoms with van der Waals surface area (Å²) < 4.78 is 0. The van der Waals surface area contributed by atoms with Crippen LogP contribution in [0.3, 0.4) is 0 Å². The van der Waals surface area contributed by atoms with E-state index in [1.165, 1.54) is 58.0 Å². The number of nitrogens with zero attached hydrogens (tertiary/aromatic N) is 1. The first-order chi connectivity index (χ1) is 10.1. The molecule has 2 unspecified atom stereocenters. The molecule has 2 atom stereocenters. The Hall–Kier alpha value is -0.120. The van der Waals surface area contributed by atoms with Crippen LogP contribution in [0.2, 0.25) is 0 Å². The third-order valence-corrected chi connectivity index (χ3v) is 4.95. The van der Waals surface area contributed by atoms with Crippen molar-refractivity contribution in [2.24, 2.45) is 0 Å². The Kier molecular flexibility index (Phi) is 9.54. The quantitative estimate of drug-likeness (QED) is 0.573. The van der Waals surface area contributed by atoms with Gasteiger partial charge in [0.1, 0.15) is 0 Å². The second-order valence-electron chi connectivity index (χ2n) is 7.08. The monoisotopic (exact) mass is 298 g/mol. The van der Waals surface area contributed by atoms with Crippen LogP contribution in [0, 0.1) is 0 Å². The van der Waals surface area contributed by atoms with Crippen molar-refractivity contribution in [1.29, 1.82) is 0 Å². The molecule has 0 radical (unpaired) electrons. The minimum absolute atomic E-state index is 0.0826. The number of unbranched alkanes of at least 4 members (excludes halogenated alkanes) is 1. The van der Waals surface area contributed by atoms with Gasteiger partial charge in [0.05, 0.1) is 6.61 Å². The fourth-order valence-corrected chi connectivity index (χ4v) is 3.49. The van der Waals surface area contributed by atoms with E-state index in [0.717, 1.165) is 25.4 Å². The van der Waals surface area contributed by atoms with Gasteiger partial charge >= 0.3 is 0 Å². The number of nitrogens with one attached hydrogen (secondary N) is 1. The molecule has 3 heteroatoms. The highest BCUT2D eigenvalue weighted by Crippen LogP contribution is 2.22. The zero-order valence-corrected chi connectivity index (χ0v) is 14.7. The van der Waals surface area contributed by atoms with Crippen LogP contribution in [-0.4, -0.2) is 47.8 Å². The molecule has 1 saturated heterocycles. The van der Waals surface area contributed by atoms with E-state index >= 15 is 0 Å². The number of aliphatic hydroxyl groups is 1. The van der Waals surface area contributed by atoms with E-state index in [2.05, 4.69) is 31.0 Å². The van der Waals surface area contributed by atoms with Crippen LogP contribution in [0.5, 0.6) is 0 Å². The number of rotatable bonds is 11. The number of aliphatic hydroxyl groups excluding tert-OH is 1. The van der Waals surface area contributed by atoms with Crippen LogP contribution in [0.25, 0.3) is 0 Å². The lowest BCUT2D eigenvalue weighted by Gasteiger charge is -2.36. The Balaban J connectivity index is 2.24. The molecule has 1 aliphatic heterocycles. The largest absolute Gasteiger partial charge is 0.394 e. The van der Waals surface area contributed by atoms with Crippen LogP contribution in [-0.2, 0) is 0 Å². The molecule has 1 aliphatic rings. The minimum Gasteiger partial charge on any atom is -0.394 e. The van der Waals surface area contributed by atoms with Crippen molar-refractivity contribution in [2.45, 2.75) is 90.1 Å². The summed E-state index contributed by atoms with van der Waals surface area (Å²) in [5.41, 5.74) is -0.0826. The predicted molar refractivity (Wildman–Crippen MR) is 91.8 cm³/mol. The van der Waals surface area contributed by atoms with Crippen molar-refractivity contribution in [1.82, 2.24) is 10.2 Å². The Morgan fingerprint density at radius 2 is 2.00 bits per heavy atom. The van der Waals surface area contributed by atoms with Crippen molar-refractivity contribution < 1.29 is 5.11 Å². The molecule has 0 amide bonds. The van der Waals surface area contributed by atoms with Gasteiger partial charge in [-0.2, -0.15) is 0 Å². The summed E-state index contributed by atoms with van der Waals surface area (Å²) in [6, 6.07) is 0.839. The van der Waals surface area contributed by atoms with Crippen molar-refractivity contribution >= 4 is 0 Å². The van der Waals surface area contributed by atoms with Gasteiger partial charge in [-0.3, -0.25) is 0 Å². The van der Waals surface area contributed by atoms with Gasteiger partial charge in [-0.05, 0) is 65.1 Å². The highest BCUT2D eigenvalue weighted by atomic mass is 16.3. The summed E-state index contributed by atoms with van der Waals surface area (Å²) in [4.78, 5) is 2.72. The topological polar surface area (TPSA) is 35.5 Å². The Bertz CT molecular complexity index is 258. The van der Waals surface area contributed by atoms with Crippen molar-refractivity contribution in [3.63, 3.8) is 0 Å². The molecule has 1 fully saturated rings. The second-order valence-corrected chi connectivity index (χ2v) is 7.08. The zero-order valence-electron chi connectivity index (χ0n) is 14.7. The molecule has 0 aromatic heterocycles. The first kappa shape index (κ1) is 18.9. The van der Waals surface area contributed by atoms with Crippen molar-refractivity contribution in [2.75, 3.05) is 26.2 Å². The van der Waals surface area contributed by atoms with Crippen LogP contribution in [0.15, 0.2) is 0 Å². The molecule has 21 heavy (non-hydrogen) atoms. The Labute approximate surface area is 132 Å². The lowest BCUT2D eigenvalue weighted by atomic mass is 9.94. The molecule has 2 N–H and O–H groups in total. The van der Waals surface area contributed by atoms with Crippen molar-refractivity contribution in [3.05, 3.63) is 0 Å². The van der Waals surface area contributed by atoms with Gasteiger partial charge in [0, 0.05) is 11.6 Å². The highest BCUT2D eigenvalue weighted by molar-refractivity contribution is 4.82. The van der Waals surface area contributed by atoms with E-state index < -0.39 is 0 Å². The Morgan fingerprint density at radius 1 is 1.19 bits per heavy atom. The molecule has 0 bridgehead atoms. The van der Waals surface area contributed by atoms with E-state index in [-0.39, 0.29) is 12.1 Å². The van der Waals surface area contributed by atoms with Gasteiger partial charge in [0.25, 0.3) is 0 Å². The number of hydrogen-bond acceptors (Lipinski definition) is 3. The summed E-state index contributed by atoms with van der Waals surface area (Å²) >= 11 is 0. The van der Waals surface area contributed by atoms with Crippen molar-refractivity contribution in [3.8, 4) is 0 Å². The van der Waals surface area contributed by atoms with E-state index in [1.54, 1.807) is 0 Å². The molecule has 126 valence electrons. The molecular weight excluding hydrogens is 260 g/mol. The highest BCUT2D eigenvalue weighted by Gasteiger charge is 2.23. The molecule has 0 spiro atoms. The summed E-state index contributed by atoms with van der Waals surface area (Å²) in [6.45, 7) is 10.4. The summed E-state index contributed by atoms with van der Waals surface area (Å²) in [7, 11) is 0. The summed E-state index contributed by atoms with van der Waals surface area (Å²) in [5.74, 6) is 0. The lowest BCUT2D eigenvalue weighted by Crippen LogP contribution is -2.46. The molecule has 3 nitrogen and oxygen atoms in total. The molecule has 0 aliphatic carbocycles. The average molecular weight is 299 g/mol. The van der Waals surface area contributed by atoms with Gasteiger partial charge in [0.2, 0.25) is 0 Å². The van der Waals surface area contributed by atoms with E-state index in [9.17, 15) is 5.11 Å². The third-order valence-electron chi connectivity index (χ3n) is 4.95. The third kappa shape index (κ3) is 7.12. The zero-order chi connectivity index (χ0) is 15.6. The number of hydrogen-bond donors (Lipinski definition) is 2. The normalized spacial score (nSPS) is 23.1. The van der Waals surface area contributed by atoms with E-state index in [1.807, 2.05) is 0 Å². The molecule has 1 heterocycles. The van der Waals surface area contributed by atoms with Gasteiger partial charge in [-0.1, -0.05) is 33.1 Å². The predicted octanol–water partition coefficient (Wildman–Crippen LogP) is 3.56. The molecule has 1 rings (SSSR count). The first-order valence-electron chi connectivity index (χ1n) is 9.25. The van der Waals surface area contributed by atoms with E-state index in [0.29, 0.717) is 0 Å². The maximum atomic E-state index is 9.60. The summed E-state index contributed by atoms with van der Waals surface area (Å²) in [5, 5.41) is 13.1. The summed E-state index contributed by atoms with van der Waals surface area (Å²) in [6.07, 6.45) is 11.6. The average Bonchev–Trinajstić information content (AvgIpc) is 2.51. The standard InChI is InChI=1S/C18H38N2O/c1-4-10-17-11-6-8-14-20(17)15-9-7-12-18(3,16-21)19-13-5-2/h17,19,21H,4-16H2,1-3H3. The van der Waals surface area contributed by atoms with Crippen LogP contribution >= 0.6 is 0 Å². The molecule has 0 saturated carbocycles. The fraction of sp³-hybridized carbons (Fsp3) is 1.00. The minimum atomic E-state index is -0.0826. The van der Waals surface area contributed by atoms with Crippen LogP contribution < -0.4 is 5.32 Å². The van der Waals surface area contributed by atoms with Crippen LogP contribution in [0.1, 0.15) is 78.6 Å². The molecular formula is C18H38N2O. The van der Waals surface area contributed by atoms with E-state index in [4.69, 9.17) is 0 Å². The number of likely N-dealkylation sites (tertiary alicyclic amines) is 1. The molecule has 0 aromatic carbocycles. The fourth-order valence-electron chi connectivity index (χ4n) is 3.49. The second kappa shape index (κ2) is 10.6. The SMILES string of the molecule is CCCNC(C)(CO)CCCCN1CCCCC1CCC. The molecule has 0 aromatic rings. The maximum Gasteiger partial charge on any atom is 0.0610 e. The Morgan fingerprint density at radius 3 is 2.67 bits per heavy atom. The van der Waals surface area contributed by atoms with Gasteiger partial charge in [-0.15, -0.1) is 0 Å². The maximum absolute atomic E-state index is 9.60.